The normalized spacial score (nSPS) is 16.9. The minimum Gasteiger partial charge on any atom is -0.461 e. The molecular formula is C13H20N2O4S2. The molecule has 1 aromatic rings. The molecule has 1 aliphatic rings. The number of aromatic amines is 1. The minimum absolute atomic E-state index is 0.206. The van der Waals surface area contributed by atoms with Crippen molar-refractivity contribution in [3.05, 3.63) is 17.0 Å². The molecule has 0 unspecified atom stereocenters. The zero-order chi connectivity index (χ0) is 15.6. The molecule has 0 spiro atoms. The van der Waals surface area contributed by atoms with Crippen LogP contribution in [0.1, 0.15) is 28.7 Å². The Bertz CT molecular complexity index is 631. The van der Waals surface area contributed by atoms with E-state index >= 15 is 0 Å². The maximum atomic E-state index is 12.8. The van der Waals surface area contributed by atoms with Gasteiger partial charge < -0.3 is 9.72 Å². The second kappa shape index (κ2) is 6.41. The molecule has 1 aliphatic heterocycles. The van der Waals surface area contributed by atoms with Gasteiger partial charge in [-0.1, -0.05) is 0 Å². The summed E-state index contributed by atoms with van der Waals surface area (Å²) >= 11 is 1.75. The van der Waals surface area contributed by atoms with Gasteiger partial charge in [-0.15, -0.1) is 0 Å². The van der Waals surface area contributed by atoms with Crippen LogP contribution in [0.5, 0.6) is 0 Å². The quantitative estimate of drug-likeness (QED) is 0.846. The van der Waals surface area contributed by atoms with Crippen molar-refractivity contribution in [2.75, 3.05) is 31.2 Å². The third-order valence-corrected chi connectivity index (χ3v) is 6.53. The third kappa shape index (κ3) is 3.12. The molecule has 0 aliphatic carbocycles. The molecule has 1 fully saturated rings. The number of hydrogen-bond donors (Lipinski definition) is 1. The molecule has 8 heteroatoms. The summed E-state index contributed by atoms with van der Waals surface area (Å²) in [7, 11) is -3.57. The molecule has 0 atom stereocenters. The lowest BCUT2D eigenvalue weighted by Gasteiger charge is -2.25. The summed E-state index contributed by atoms with van der Waals surface area (Å²) in [6, 6.07) is 0. The van der Waals surface area contributed by atoms with Crippen LogP contribution in [0, 0.1) is 13.8 Å². The van der Waals surface area contributed by atoms with E-state index in [0.717, 1.165) is 11.5 Å². The van der Waals surface area contributed by atoms with Crippen LogP contribution in [-0.2, 0) is 14.8 Å². The maximum Gasteiger partial charge on any atom is 0.355 e. The van der Waals surface area contributed by atoms with Gasteiger partial charge >= 0.3 is 5.97 Å². The lowest BCUT2D eigenvalue weighted by atomic mass is 10.2. The predicted octanol–water partition coefficient (Wildman–Crippen LogP) is 1.55. The van der Waals surface area contributed by atoms with Crippen molar-refractivity contribution in [2.24, 2.45) is 0 Å². The molecule has 0 amide bonds. The zero-order valence-electron chi connectivity index (χ0n) is 12.4. The molecular weight excluding hydrogens is 312 g/mol. The summed E-state index contributed by atoms with van der Waals surface area (Å²) < 4.78 is 32.0. The Morgan fingerprint density at radius 2 is 1.95 bits per heavy atom. The number of carbonyl (C=O) groups is 1. The van der Waals surface area contributed by atoms with E-state index in [9.17, 15) is 13.2 Å². The molecule has 0 aromatic carbocycles. The van der Waals surface area contributed by atoms with Gasteiger partial charge in [0.25, 0.3) is 0 Å². The number of rotatable bonds is 4. The zero-order valence-corrected chi connectivity index (χ0v) is 14.1. The van der Waals surface area contributed by atoms with Gasteiger partial charge in [-0.25, -0.2) is 13.2 Å². The number of esters is 1. The minimum atomic E-state index is -3.57. The van der Waals surface area contributed by atoms with Crippen LogP contribution >= 0.6 is 11.8 Å². The van der Waals surface area contributed by atoms with Gasteiger partial charge in [0.1, 0.15) is 10.6 Å². The monoisotopic (exact) mass is 332 g/mol. The molecule has 1 N–H and O–H groups in total. The molecule has 2 rings (SSSR count). The molecule has 118 valence electrons. The Morgan fingerprint density at radius 1 is 1.33 bits per heavy atom. The van der Waals surface area contributed by atoms with E-state index < -0.39 is 16.0 Å². The average Bonchev–Trinajstić information content (AvgIpc) is 2.76. The van der Waals surface area contributed by atoms with Crippen molar-refractivity contribution in [1.82, 2.24) is 9.29 Å². The number of aromatic nitrogens is 1. The first-order valence-electron chi connectivity index (χ1n) is 6.83. The molecule has 1 aromatic heterocycles. The summed E-state index contributed by atoms with van der Waals surface area (Å²) in [4.78, 5) is 14.9. The van der Waals surface area contributed by atoms with E-state index in [2.05, 4.69) is 4.98 Å². The van der Waals surface area contributed by atoms with Crippen LogP contribution in [-0.4, -0.2) is 54.9 Å². The fraction of sp³-hybridized carbons (Fsp3) is 0.615. The Hall–Kier alpha value is -0.990. The van der Waals surface area contributed by atoms with Crippen LogP contribution < -0.4 is 0 Å². The molecule has 6 nitrogen and oxygen atoms in total. The second-order valence-electron chi connectivity index (χ2n) is 4.82. The molecule has 21 heavy (non-hydrogen) atoms. The highest BCUT2D eigenvalue weighted by atomic mass is 32.2. The van der Waals surface area contributed by atoms with Crippen molar-refractivity contribution >= 4 is 27.8 Å². The Labute approximate surface area is 129 Å². The van der Waals surface area contributed by atoms with Gasteiger partial charge in [0.2, 0.25) is 10.0 Å². The number of ether oxygens (including phenoxy) is 1. The Balaban J connectivity index is 2.41. The number of sulfonamides is 1. The van der Waals surface area contributed by atoms with Gasteiger partial charge in [-0.3, -0.25) is 0 Å². The Kier molecular flexibility index (Phi) is 5.00. The SMILES string of the molecule is CCOC(=O)c1[nH]c(C)c(S(=O)(=O)N2CCSCC2)c1C. The van der Waals surface area contributed by atoms with Crippen molar-refractivity contribution in [1.29, 1.82) is 0 Å². The maximum absolute atomic E-state index is 12.8. The fourth-order valence-corrected chi connectivity index (χ4v) is 5.43. The number of thioether (sulfide) groups is 1. The molecule has 0 radical (unpaired) electrons. The van der Waals surface area contributed by atoms with E-state index in [1.807, 2.05) is 0 Å². The van der Waals surface area contributed by atoms with Crippen molar-refractivity contribution in [3.8, 4) is 0 Å². The van der Waals surface area contributed by atoms with E-state index in [-0.39, 0.29) is 17.2 Å². The molecule has 2 heterocycles. The Morgan fingerprint density at radius 3 is 2.52 bits per heavy atom. The van der Waals surface area contributed by atoms with Crippen LogP contribution in [0.4, 0.5) is 0 Å². The number of H-pyrrole nitrogens is 1. The standard InChI is InChI=1S/C13H20N2O4S2/c1-4-19-13(16)11-9(2)12(10(3)14-11)21(17,18)15-5-7-20-8-6-15/h14H,4-8H2,1-3H3. The highest BCUT2D eigenvalue weighted by Gasteiger charge is 2.32. The van der Waals surface area contributed by atoms with Gasteiger partial charge in [-0.2, -0.15) is 16.1 Å². The van der Waals surface area contributed by atoms with Gasteiger partial charge in [0, 0.05) is 35.9 Å². The summed E-state index contributed by atoms with van der Waals surface area (Å²) in [5, 5.41) is 0. The summed E-state index contributed by atoms with van der Waals surface area (Å²) in [5.41, 5.74) is 1.14. The summed E-state index contributed by atoms with van der Waals surface area (Å²) in [5.74, 6) is 1.08. The first-order chi connectivity index (χ1) is 9.89. The number of nitrogens with one attached hydrogen (secondary N) is 1. The van der Waals surface area contributed by atoms with E-state index in [1.165, 1.54) is 4.31 Å². The number of carbonyl (C=O) groups excluding carboxylic acids is 1. The smallest absolute Gasteiger partial charge is 0.355 e. The average molecular weight is 332 g/mol. The van der Waals surface area contributed by atoms with Crippen LogP contribution in [0.25, 0.3) is 0 Å². The summed E-state index contributed by atoms with van der Waals surface area (Å²) in [6.07, 6.45) is 0. The van der Waals surface area contributed by atoms with Crippen LogP contribution in [0.2, 0.25) is 0 Å². The lowest BCUT2D eigenvalue weighted by molar-refractivity contribution is 0.0519. The topological polar surface area (TPSA) is 79.5 Å². The number of aryl methyl sites for hydroxylation is 1. The lowest BCUT2D eigenvalue weighted by Crippen LogP contribution is -2.38. The van der Waals surface area contributed by atoms with Crippen molar-refractivity contribution in [3.63, 3.8) is 0 Å². The van der Waals surface area contributed by atoms with Gasteiger partial charge in [0.15, 0.2) is 0 Å². The first-order valence-corrected chi connectivity index (χ1v) is 9.43. The summed E-state index contributed by atoms with van der Waals surface area (Å²) in [6.45, 7) is 6.29. The molecule has 0 bridgehead atoms. The first kappa shape index (κ1) is 16.4. The van der Waals surface area contributed by atoms with Crippen molar-refractivity contribution in [2.45, 2.75) is 25.7 Å². The third-order valence-electron chi connectivity index (χ3n) is 3.42. The van der Waals surface area contributed by atoms with E-state index in [1.54, 1.807) is 32.5 Å². The largest absolute Gasteiger partial charge is 0.461 e. The predicted molar refractivity (Wildman–Crippen MR) is 82.3 cm³/mol. The van der Waals surface area contributed by atoms with Gasteiger partial charge in [0.05, 0.1) is 6.61 Å². The molecule has 0 saturated carbocycles. The van der Waals surface area contributed by atoms with E-state index in [0.29, 0.717) is 24.3 Å². The van der Waals surface area contributed by atoms with E-state index in [4.69, 9.17) is 4.74 Å². The number of nitrogens with zero attached hydrogens (tertiary/aromatic N) is 1. The fourth-order valence-electron chi connectivity index (χ4n) is 2.44. The molecule has 1 saturated heterocycles. The van der Waals surface area contributed by atoms with Crippen LogP contribution in [0.15, 0.2) is 4.90 Å². The number of hydrogen-bond acceptors (Lipinski definition) is 5. The van der Waals surface area contributed by atoms with Gasteiger partial charge in [-0.05, 0) is 20.8 Å². The second-order valence-corrected chi connectivity index (χ2v) is 7.92. The van der Waals surface area contributed by atoms with Crippen LogP contribution in [0.3, 0.4) is 0 Å². The van der Waals surface area contributed by atoms with Crippen molar-refractivity contribution < 1.29 is 17.9 Å². The highest BCUT2D eigenvalue weighted by Crippen LogP contribution is 2.28. The highest BCUT2D eigenvalue weighted by molar-refractivity contribution is 7.99.